The van der Waals surface area contributed by atoms with E-state index in [1.165, 1.54) is 0 Å². The van der Waals surface area contributed by atoms with Crippen molar-refractivity contribution >= 4 is 23.5 Å². The quantitative estimate of drug-likeness (QED) is 0.482. The molecule has 0 aromatic heterocycles. The number of carbonyl (C=O) groups excluding carboxylic acids is 3. The van der Waals surface area contributed by atoms with Crippen LogP contribution >= 0.6 is 0 Å². The van der Waals surface area contributed by atoms with Crippen LogP contribution in [0.2, 0.25) is 0 Å². The first-order chi connectivity index (χ1) is 16.0. The third-order valence-electron chi connectivity index (χ3n) is 4.76. The van der Waals surface area contributed by atoms with E-state index in [1.54, 1.807) is 48.5 Å². The number of esters is 1. The molecule has 170 valence electrons. The summed E-state index contributed by atoms with van der Waals surface area (Å²) in [6.45, 7) is 4.06. The summed E-state index contributed by atoms with van der Waals surface area (Å²) in [5.74, 6) is -1.16. The van der Waals surface area contributed by atoms with Gasteiger partial charge in [-0.15, -0.1) is 0 Å². The molecule has 33 heavy (non-hydrogen) atoms. The van der Waals surface area contributed by atoms with Crippen molar-refractivity contribution in [3.8, 4) is 5.75 Å². The van der Waals surface area contributed by atoms with Crippen LogP contribution in [0.3, 0.4) is 0 Å². The van der Waals surface area contributed by atoms with E-state index in [-0.39, 0.29) is 11.5 Å². The Kier molecular flexibility index (Phi) is 8.18. The average molecular weight is 447 g/mol. The van der Waals surface area contributed by atoms with Gasteiger partial charge in [0.25, 0.3) is 11.8 Å². The van der Waals surface area contributed by atoms with Crippen molar-refractivity contribution in [2.24, 2.45) is 0 Å². The molecule has 7 nitrogen and oxygen atoms in total. The second kappa shape index (κ2) is 11.5. The molecule has 0 heterocycles. The van der Waals surface area contributed by atoms with Crippen LogP contribution in [0.1, 0.15) is 38.8 Å². The normalized spacial score (nSPS) is 10.2. The molecule has 3 aromatic rings. The minimum atomic E-state index is -0.668. The molecule has 0 atom stereocenters. The molecule has 0 unspecified atom stereocenters. The molecule has 0 fully saturated rings. The van der Waals surface area contributed by atoms with Gasteiger partial charge in [0.15, 0.2) is 6.61 Å². The molecule has 0 radical (unpaired) electrons. The number of ether oxygens (including phenoxy) is 2. The summed E-state index contributed by atoms with van der Waals surface area (Å²) in [5, 5.41) is 5.48. The number of carbonyl (C=O) groups is 3. The summed E-state index contributed by atoms with van der Waals surface area (Å²) >= 11 is 0. The maximum atomic E-state index is 12.7. The SMILES string of the molecule is CCOc1ccccc1C(=O)OCC(=O)Nc1ccccc1C(=O)NCc1ccc(C)cc1. The topological polar surface area (TPSA) is 93.7 Å². The number of aryl methyl sites for hydroxylation is 1. The van der Waals surface area contributed by atoms with Crippen LogP contribution in [0.5, 0.6) is 5.75 Å². The number of hydrogen-bond donors (Lipinski definition) is 2. The third-order valence-corrected chi connectivity index (χ3v) is 4.76. The van der Waals surface area contributed by atoms with E-state index in [2.05, 4.69) is 10.6 Å². The number of hydrogen-bond acceptors (Lipinski definition) is 5. The van der Waals surface area contributed by atoms with Crippen LogP contribution in [-0.2, 0) is 16.1 Å². The van der Waals surface area contributed by atoms with Gasteiger partial charge in [0, 0.05) is 6.54 Å². The van der Waals surface area contributed by atoms with Crippen molar-refractivity contribution in [1.82, 2.24) is 5.32 Å². The minimum absolute atomic E-state index is 0.239. The minimum Gasteiger partial charge on any atom is -0.493 e. The van der Waals surface area contributed by atoms with Gasteiger partial charge in [-0.05, 0) is 43.7 Å². The lowest BCUT2D eigenvalue weighted by atomic mass is 10.1. The van der Waals surface area contributed by atoms with Gasteiger partial charge in [0.05, 0.1) is 17.9 Å². The van der Waals surface area contributed by atoms with E-state index in [9.17, 15) is 14.4 Å². The lowest BCUT2D eigenvalue weighted by Crippen LogP contribution is -2.26. The third kappa shape index (κ3) is 6.67. The fourth-order valence-corrected chi connectivity index (χ4v) is 3.09. The van der Waals surface area contributed by atoms with E-state index in [0.717, 1.165) is 11.1 Å². The summed E-state index contributed by atoms with van der Waals surface area (Å²) in [7, 11) is 0. The number of para-hydroxylation sites is 2. The predicted molar refractivity (Wildman–Crippen MR) is 125 cm³/mol. The molecule has 3 rings (SSSR count). The van der Waals surface area contributed by atoms with Crippen LogP contribution in [0, 0.1) is 6.92 Å². The highest BCUT2D eigenvalue weighted by Crippen LogP contribution is 2.19. The van der Waals surface area contributed by atoms with Gasteiger partial charge in [-0.2, -0.15) is 0 Å². The molecule has 0 aliphatic heterocycles. The molecule has 2 amide bonds. The van der Waals surface area contributed by atoms with E-state index in [4.69, 9.17) is 9.47 Å². The standard InChI is InChI=1S/C26H26N2O5/c1-3-32-23-11-7-5-9-21(23)26(31)33-17-24(29)28-22-10-6-4-8-20(22)25(30)27-16-19-14-12-18(2)13-15-19/h4-15H,3,16-17H2,1-2H3,(H,27,30)(H,28,29). The molecular weight excluding hydrogens is 420 g/mol. The Morgan fingerprint density at radius 3 is 2.24 bits per heavy atom. The molecule has 0 bridgehead atoms. The summed E-state index contributed by atoms with van der Waals surface area (Å²) < 4.78 is 10.6. The fraction of sp³-hybridized carbons (Fsp3) is 0.192. The lowest BCUT2D eigenvalue weighted by molar-refractivity contribution is -0.119. The van der Waals surface area contributed by atoms with Gasteiger partial charge in [0.2, 0.25) is 0 Å². The Hall–Kier alpha value is -4.13. The maximum absolute atomic E-state index is 12.7. The van der Waals surface area contributed by atoms with Crippen molar-refractivity contribution in [3.05, 3.63) is 95.1 Å². The molecule has 0 saturated carbocycles. The van der Waals surface area contributed by atoms with Crippen LogP contribution in [0.4, 0.5) is 5.69 Å². The molecule has 2 N–H and O–H groups in total. The summed E-state index contributed by atoms with van der Waals surface area (Å²) in [4.78, 5) is 37.4. The van der Waals surface area contributed by atoms with Crippen LogP contribution < -0.4 is 15.4 Å². The summed E-state index contributed by atoms with van der Waals surface area (Å²) in [6, 6.07) is 21.1. The Labute approximate surface area is 192 Å². The Morgan fingerprint density at radius 1 is 0.848 bits per heavy atom. The highest BCUT2D eigenvalue weighted by Gasteiger charge is 2.17. The van der Waals surface area contributed by atoms with Gasteiger partial charge in [-0.25, -0.2) is 4.79 Å². The number of nitrogens with one attached hydrogen (secondary N) is 2. The Bertz CT molecular complexity index is 1130. The molecule has 0 aliphatic carbocycles. The molecule has 7 heteroatoms. The molecule has 0 saturated heterocycles. The van der Waals surface area contributed by atoms with Crippen LogP contribution in [0.15, 0.2) is 72.8 Å². The first-order valence-electron chi connectivity index (χ1n) is 10.6. The van der Waals surface area contributed by atoms with Gasteiger partial charge in [-0.3, -0.25) is 9.59 Å². The van der Waals surface area contributed by atoms with Crippen molar-refractivity contribution in [1.29, 1.82) is 0 Å². The lowest BCUT2D eigenvalue weighted by Gasteiger charge is -2.12. The van der Waals surface area contributed by atoms with E-state index in [1.807, 2.05) is 38.1 Å². The van der Waals surface area contributed by atoms with Gasteiger partial charge in [0.1, 0.15) is 11.3 Å². The molecule has 0 aliphatic rings. The van der Waals surface area contributed by atoms with Gasteiger partial charge < -0.3 is 20.1 Å². The smallest absolute Gasteiger partial charge is 0.342 e. The number of amides is 2. The Morgan fingerprint density at radius 2 is 1.52 bits per heavy atom. The maximum Gasteiger partial charge on any atom is 0.342 e. The Balaban J connectivity index is 1.58. The second-order valence-corrected chi connectivity index (χ2v) is 7.27. The highest BCUT2D eigenvalue weighted by molar-refractivity contribution is 6.04. The number of benzene rings is 3. The van der Waals surface area contributed by atoms with Crippen LogP contribution in [-0.4, -0.2) is 31.0 Å². The van der Waals surface area contributed by atoms with Crippen molar-refractivity contribution in [3.63, 3.8) is 0 Å². The first-order valence-corrected chi connectivity index (χ1v) is 10.6. The molecule has 3 aromatic carbocycles. The zero-order chi connectivity index (χ0) is 23.6. The first kappa shape index (κ1) is 23.5. The van der Waals surface area contributed by atoms with E-state index in [0.29, 0.717) is 30.2 Å². The number of rotatable bonds is 9. The van der Waals surface area contributed by atoms with Crippen molar-refractivity contribution in [2.45, 2.75) is 20.4 Å². The van der Waals surface area contributed by atoms with E-state index < -0.39 is 18.5 Å². The van der Waals surface area contributed by atoms with Gasteiger partial charge in [-0.1, -0.05) is 54.1 Å². The predicted octanol–water partition coefficient (Wildman–Crippen LogP) is 4.12. The zero-order valence-electron chi connectivity index (χ0n) is 18.6. The highest BCUT2D eigenvalue weighted by atomic mass is 16.5. The van der Waals surface area contributed by atoms with Crippen LogP contribution in [0.25, 0.3) is 0 Å². The molecule has 0 spiro atoms. The second-order valence-electron chi connectivity index (χ2n) is 7.27. The van der Waals surface area contributed by atoms with E-state index >= 15 is 0 Å². The fourth-order valence-electron chi connectivity index (χ4n) is 3.09. The van der Waals surface area contributed by atoms with Crippen molar-refractivity contribution in [2.75, 3.05) is 18.5 Å². The summed E-state index contributed by atoms with van der Waals surface area (Å²) in [5.41, 5.74) is 2.98. The van der Waals surface area contributed by atoms with Gasteiger partial charge >= 0.3 is 5.97 Å². The molecular formula is C26H26N2O5. The summed E-state index contributed by atoms with van der Waals surface area (Å²) in [6.07, 6.45) is 0. The average Bonchev–Trinajstić information content (AvgIpc) is 2.83. The largest absolute Gasteiger partial charge is 0.493 e. The number of anilines is 1. The monoisotopic (exact) mass is 446 g/mol. The van der Waals surface area contributed by atoms with Crippen molar-refractivity contribution < 1.29 is 23.9 Å². The zero-order valence-corrected chi connectivity index (χ0v) is 18.6.